The lowest BCUT2D eigenvalue weighted by Gasteiger charge is -2.11. The third kappa shape index (κ3) is 4.87. The number of nitrogens with zero attached hydrogens (tertiary/aromatic N) is 2. The zero-order valence-electron chi connectivity index (χ0n) is 18.9. The van der Waals surface area contributed by atoms with Gasteiger partial charge >= 0.3 is 12.4 Å². The molecule has 0 aliphatic carbocycles. The van der Waals surface area contributed by atoms with Crippen LogP contribution in [0, 0.1) is 0 Å². The van der Waals surface area contributed by atoms with E-state index in [-0.39, 0.29) is 22.5 Å². The van der Waals surface area contributed by atoms with E-state index in [9.17, 15) is 26.3 Å². The van der Waals surface area contributed by atoms with Gasteiger partial charge in [0.15, 0.2) is 0 Å². The summed E-state index contributed by atoms with van der Waals surface area (Å²) in [5.74, 6) is 0. The van der Waals surface area contributed by atoms with Crippen molar-refractivity contribution in [2.75, 3.05) is 0 Å². The molecule has 0 atom stereocenters. The Morgan fingerprint density at radius 1 is 0.714 bits per heavy atom. The van der Waals surface area contributed by atoms with Crippen molar-refractivity contribution in [1.82, 2.24) is 9.97 Å². The van der Waals surface area contributed by atoms with E-state index in [2.05, 4.69) is 20.0 Å². The normalized spacial score (nSPS) is 18.9. The average Bonchev–Trinajstić information content (AvgIpc) is 3.54. The maximum atomic E-state index is 13.9. The van der Waals surface area contributed by atoms with Crippen LogP contribution in [0.2, 0.25) is 0 Å². The van der Waals surface area contributed by atoms with Crippen LogP contribution in [0.3, 0.4) is 0 Å². The van der Waals surface area contributed by atoms with Crippen molar-refractivity contribution in [2.45, 2.75) is 33.1 Å². The molecule has 0 unspecified atom stereocenters. The van der Waals surface area contributed by atoms with Crippen LogP contribution in [0.5, 0.6) is 0 Å². The number of alkyl halides is 6. The van der Waals surface area contributed by atoms with Crippen molar-refractivity contribution in [3.05, 3.63) is 87.6 Å². The summed E-state index contributed by atoms with van der Waals surface area (Å²) in [6, 6.07) is 5.44. The van der Waals surface area contributed by atoms with E-state index in [1.54, 1.807) is 20.8 Å². The van der Waals surface area contributed by atoms with Gasteiger partial charge in [-0.2, -0.15) is 26.3 Å². The highest BCUT2D eigenvalue weighted by Crippen LogP contribution is 2.38. The molecule has 4 heterocycles. The highest BCUT2D eigenvalue weighted by atomic mass is 19.4. The second-order valence-corrected chi connectivity index (χ2v) is 8.18. The molecule has 182 valence electrons. The summed E-state index contributed by atoms with van der Waals surface area (Å²) in [5, 5.41) is 0.126. The molecule has 2 aliphatic heterocycles. The first-order chi connectivity index (χ1) is 16.4. The van der Waals surface area contributed by atoms with Crippen LogP contribution in [0.15, 0.2) is 75.5 Å². The molecule has 2 N–H and O–H groups in total. The van der Waals surface area contributed by atoms with Crippen LogP contribution in [-0.2, 0) is 0 Å². The molecule has 0 spiro atoms. The molecule has 4 rings (SSSR count). The van der Waals surface area contributed by atoms with Gasteiger partial charge in [-0.3, -0.25) is 4.99 Å². The summed E-state index contributed by atoms with van der Waals surface area (Å²) in [6.45, 7) is 5.11. The molecular formula is C25H20F6N4. The van der Waals surface area contributed by atoms with Gasteiger partial charge in [0.1, 0.15) is 11.1 Å². The SMILES string of the molecule is CC(C)=C1C=CC(C(=c2cc/c(=C(\C)c3ccc(/C(=C4/C=CC=N4)C(F)(F)F)[nH]3)[nH]2)C(F)(F)F)=N1. The Labute approximate surface area is 196 Å². The molecule has 2 aromatic heterocycles. The number of hydrogen-bond donors (Lipinski definition) is 2. The van der Waals surface area contributed by atoms with Crippen molar-refractivity contribution < 1.29 is 26.3 Å². The summed E-state index contributed by atoms with van der Waals surface area (Å²) in [7, 11) is 0. The van der Waals surface area contributed by atoms with Crippen molar-refractivity contribution in [1.29, 1.82) is 0 Å². The summed E-state index contributed by atoms with van der Waals surface area (Å²) in [6.07, 6.45) is -2.58. The zero-order chi connectivity index (χ0) is 25.5. The standard InChI is InChI=1S/C25H20F6N4/c1-13(2)15-6-9-20(33-15)23(25(29,30)31)21-11-8-17(35-21)14(3)16-7-10-19(34-16)22(24(26,27)28)18-5-4-12-32-18/h4-12,34-35H,1-3H3/b17-14-,22-18+,23-21?. The number of aromatic amines is 2. The van der Waals surface area contributed by atoms with Crippen LogP contribution in [0.1, 0.15) is 32.2 Å². The lowest BCUT2D eigenvalue weighted by Crippen LogP contribution is -2.27. The quantitative estimate of drug-likeness (QED) is 0.535. The monoisotopic (exact) mass is 490 g/mol. The fraction of sp³-hybridized carbons (Fsp3) is 0.200. The predicted octanol–water partition coefficient (Wildman–Crippen LogP) is 5.49. The second-order valence-electron chi connectivity index (χ2n) is 8.18. The van der Waals surface area contributed by atoms with E-state index >= 15 is 0 Å². The average molecular weight is 490 g/mol. The Hall–Kier alpha value is -3.82. The zero-order valence-corrected chi connectivity index (χ0v) is 18.9. The Morgan fingerprint density at radius 3 is 1.94 bits per heavy atom. The number of rotatable bonds is 3. The van der Waals surface area contributed by atoms with Gasteiger partial charge in [0, 0.05) is 17.3 Å². The highest BCUT2D eigenvalue weighted by Gasteiger charge is 2.39. The topological polar surface area (TPSA) is 56.3 Å². The molecule has 0 radical (unpaired) electrons. The van der Waals surface area contributed by atoms with Gasteiger partial charge in [-0.1, -0.05) is 5.57 Å². The van der Waals surface area contributed by atoms with Crippen molar-refractivity contribution in [2.24, 2.45) is 9.98 Å². The minimum atomic E-state index is -4.68. The first-order valence-corrected chi connectivity index (χ1v) is 10.5. The predicted molar refractivity (Wildman–Crippen MR) is 124 cm³/mol. The van der Waals surface area contributed by atoms with Crippen LogP contribution in [-0.4, -0.2) is 34.2 Å². The Morgan fingerprint density at radius 2 is 1.37 bits per heavy atom. The van der Waals surface area contributed by atoms with Crippen LogP contribution >= 0.6 is 0 Å². The Kier molecular flexibility index (Phi) is 6.08. The lowest BCUT2D eigenvalue weighted by molar-refractivity contribution is -0.0699. The number of H-pyrrole nitrogens is 2. The number of nitrogens with one attached hydrogen (secondary N) is 2. The smallest absolute Gasteiger partial charge is 0.355 e. The van der Waals surface area contributed by atoms with Gasteiger partial charge in [-0.25, -0.2) is 4.99 Å². The third-order valence-electron chi connectivity index (χ3n) is 5.50. The molecule has 0 aromatic carbocycles. The molecule has 2 aromatic rings. The van der Waals surface area contributed by atoms with Gasteiger partial charge in [0.2, 0.25) is 0 Å². The Bertz CT molecular complexity index is 1460. The van der Waals surface area contributed by atoms with Crippen molar-refractivity contribution in [3.8, 4) is 0 Å². The molecule has 0 saturated carbocycles. The summed E-state index contributed by atoms with van der Waals surface area (Å²) in [5.41, 5.74) is -0.483. The van der Waals surface area contributed by atoms with Gasteiger partial charge in [0.25, 0.3) is 0 Å². The van der Waals surface area contributed by atoms with Crippen molar-refractivity contribution in [3.63, 3.8) is 0 Å². The number of aliphatic imine (C=N–C) groups is 2. The number of allylic oxidation sites excluding steroid dienone is 6. The highest BCUT2D eigenvalue weighted by molar-refractivity contribution is 6.27. The van der Waals surface area contributed by atoms with E-state index in [0.717, 1.165) is 5.57 Å². The van der Waals surface area contributed by atoms with Gasteiger partial charge in [-0.15, -0.1) is 0 Å². The van der Waals surface area contributed by atoms with Gasteiger partial charge < -0.3 is 9.97 Å². The van der Waals surface area contributed by atoms with E-state index in [0.29, 0.717) is 22.3 Å². The number of hydrogen-bond acceptors (Lipinski definition) is 2. The van der Waals surface area contributed by atoms with Crippen molar-refractivity contribution >= 4 is 28.6 Å². The minimum Gasteiger partial charge on any atom is -0.355 e. The summed E-state index contributed by atoms with van der Waals surface area (Å²) >= 11 is 0. The first kappa shape index (κ1) is 24.3. The Balaban J connectivity index is 1.83. The molecule has 0 fully saturated rings. The number of aromatic nitrogens is 2. The maximum absolute atomic E-state index is 13.9. The molecule has 2 aliphatic rings. The van der Waals surface area contributed by atoms with Crippen LogP contribution in [0.25, 0.3) is 16.7 Å². The van der Waals surface area contributed by atoms with E-state index in [1.807, 2.05) is 0 Å². The fourth-order valence-electron chi connectivity index (χ4n) is 3.76. The molecular weight excluding hydrogens is 470 g/mol. The molecule has 4 nitrogen and oxygen atoms in total. The van der Waals surface area contributed by atoms with E-state index in [4.69, 9.17) is 0 Å². The largest absolute Gasteiger partial charge is 0.420 e. The van der Waals surface area contributed by atoms with Crippen LogP contribution < -0.4 is 10.7 Å². The maximum Gasteiger partial charge on any atom is 0.420 e. The first-order valence-electron chi connectivity index (χ1n) is 10.5. The minimum absolute atomic E-state index is 0.194. The van der Waals surface area contributed by atoms with E-state index in [1.165, 1.54) is 54.8 Å². The van der Waals surface area contributed by atoms with E-state index < -0.39 is 23.5 Å². The van der Waals surface area contributed by atoms with Gasteiger partial charge in [0.05, 0.1) is 28.1 Å². The molecule has 35 heavy (non-hydrogen) atoms. The molecule has 0 saturated heterocycles. The fourth-order valence-corrected chi connectivity index (χ4v) is 3.76. The lowest BCUT2D eigenvalue weighted by atomic mass is 10.1. The van der Waals surface area contributed by atoms with Gasteiger partial charge in [-0.05, 0) is 74.9 Å². The summed E-state index contributed by atoms with van der Waals surface area (Å²) in [4.78, 5) is 13.3. The molecule has 10 heteroatoms. The molecule has 0 amide bonds. The summed E-state index contributed by atoms with van der Waals surface area (Å²) < 4.78 is 82.9. The molecule has 0 bridgehead atoms. The third-order valence-corrected chi connectivity index (χ3v) is 5.50. The second kappa shape index (κ2) is 8.75. The number of halogens is 6. The van der Waals surface area contributed by atoms with Crippen LogP contribution in [0.4, 0.5) is 26.3 Å².